The van der Waals surface area contributed by atoms with Crippen LogP contribution in [0.2, 0.25) is 0 Å². The zero-order chi connectivity index (χ0) is 12.7. The van der Waals surface area contributed by atoms with Gasteiger partial charge in [0.2, 0.25) is 5.91 Å². The van der Waals surface area contributed by atoms with Gasteiger partial charge in [-0.05, 0) is 51.6 Å². The molecule has 98 valence electrons. The number of hydrogen-bond donors (Lipinski definition) is 2. The summed E-state index contributed by atoms with van der Waals surface area (Å²) in [7, 11) is 0. The highest BCUT2D eigenvalue weighted by Gasteiger charge is 2.21. The Kier molecular flexibility index (Phi) is 6.27. The predicted octanol–water partition coefficient (Wildman–Crippen LogP) is 2.09. The van der Waals surface area contributed by atoms with E-state index < -0.39 is 0 Å². The third-order valence-corrected chi connectivity index (χ3v) is 3.46. The van der Waals surface area contributed by atoms with Crippen LogP contribution < -0.4 is 10.6 Å². The van der Waals surface area contributed by atoms with Crippen LogP contribution in [0.15, 0.2) is 11.6 Å². The standard InChI is InChI=1S/C14H26N2O/c1-11(2)6-8-16-14(17)9-12(3)13-5-4-7-15-10-13/h6,12-13,15H,4-5,7-10H2,1-3H3,(H,16,17). The number of piperidine rings is 1. The highest BCUT2D eigenvalue weighted by Crippen LogP contribution is 2.22. The summed E-state index contributed by atoms with van der Waals surface area (Å²) in [5.41, 5.74) is 1.25. The Morgan fingerprint density at radius 1 is 1.53 bits per heavy atom. The van der Waals surface area contributed by atoms with Crippen molar-refractivity contribution in [2.45, 2.75) is 40.0 Å². The number of hydrogen-bond acceptors (Lipinski definition) is 2. The van der Waals surface area contributed by atoms with Gasteiger partial charge in [0.05, 0.1) is 0 Å². The fraction of sp³-hybridized carbons (Fsp3) is 0.786. The van der Waals surface area contributed by atoms with Crippen LogP contribution >= 0.6 is 0 Å². The maximum absolute atomic E-state index is 11.7. The van der Waals surface area contributed by atoms with E-state index in [0.29, 0.717) is 24.8 Å². The second-order valence-corrected chi connectivity index (χ2v) is 5.37. The van der Waals surface area contributed by atoms with E-state index in [2.05, 4.69) is 17.6 Å². The van der Waals surface area contributed by atoms with Crippen molar-refractivity contribution in [2.75, 3.05) is 19.6 Å². The maximum Gasteiger partial charge on any atom is 0.220 e. The molecular weight excluding hydrogens is 212 g/mol. The molecule has 0 aromatic heterocycles. The van der Waals surface area contributed by atoms with Crippen LogP contribution in [0.1, 0.15) is 40.0 Å². The van der Waals surface area contributed by atoms with E-state index in [1.165, 1.54) is 18.4 Å². The summed E-state index contributed by atoms with van der Waals surface area (Å²) >= 11 is 0. The van der Waals surface area contributed by atoms with Crippen molar-refractivity contribution in [3.05, 3.63) is 11.6 Å². The lowest BCUT2D eigenvalue weighted by Gasteiger charge is -2.27. The van der Waals surface area contributed by atoms with Crippen molar-refractivity contribution in [2.24, 2.45) is 11.8 Å². The molecule has 1 aliphatic rings. The summed E-state index contributed by atoms with van der Waals surface area (Å²) in [6, 6.07) is 0. The first kappa shape index (κ1) is 14.2. The summed E-state index contributed by atoms with van der Waals surface area (Å²) in [5, 5.41) is 6.35. The van der Waals surface area contributed by atoms with Gasteiger partial charge < -0.3 is 10.6 Å². The molecule has 0 radical (unpaired) electrons. The third kappa shape index (κ3) is 5.87. The molecule has 2 N–H and O–H groups in total. The molecule has 1 aliphatic heterocycles. The van der Waals surface area contributed by atoms with Crippen molar-refractivity contribution >= 4 is 5.91 Å². The van der Waals surface area contributed by atoms with Crippen molar-refractivity contribution in [1.29, 1.82) is 0 Å². The van der Waals surface area contributed by atoms with E-state index in [9.17, 15) is 4.79 Å². The molecule has 2 unspecified atom stereocenters. The first-order valence-electron chi connectivity index (χ1n) is 6.70. The summed E-state index contributed by atoms with van der Waals surface area (Å²) in [6.45, 7) is 9.15. The summed E-state index contributed by atoms with van der Waals surface area (Å²) < 4.78 is 0. The SMILES string of the molecule is CC(C)=CCNC(=O)CC(C)C1CCCNC1. The minimum Gasteiger partial charge on any atom is -0.353 e. The number of carbonyl (C=O) groups excluding carboxylic acids is 1. The molecule has 17 heavy (non-hydrogen) atoms. The highest BCUT2D eigenvalue weighted by molar-refractivity contribution is 5.76. The van der Waals surface area contributed by atoms with Gasteiger partial charge in [-0.2, -0.15) is 0 Å². The normalized spacial score (nSPS) is 21.7. The molecule has 0 aromatic rings. The first-order valence-corrected chi connectivity index (χ1v) is 6.70. The van der Waals surface area contributed by atoms with Gasteiger partial charge in [0.25, 0.3) is 0 Å². The van der Waals surface area contributed by atoms with E-state index in [1.807, 2.05) is 19.9 Å². The van der Waals surface area contributed by atoms with Crippen molar-refractivity contribution in [1.82, 2.24) is 10.6 Å². The Hall–Kier alpha value is -0.830. The minimum atomic E-state index is 0.181. The zero-order valence-electron chi connectivity index (χ0n) is 11.4. The van der Waals surface area contributed by atoms with Crippen LogP contribution in [0, 0.1) is 11.8 Å². The van der Waals surface area contributed by atoms with Gasteiger partial charge in [0.15, 0.2) is 0 Å². The first-order chi connectivity index (χ1) is 8.09. The highest BCUT2D eigenvalue weighted by atomic mass is 16.1. The zero-order valence-corrected chi connectivity index (χ0v) is 11.4. The second-order valence-electron chi connectivity index (χ2n) is 5.37. The largest absolute Gasteiger partial charge is 0.353 e. The Balaban J connectivity index is 2.22. The lowest BCUT2D eigenvalue weighted by molar-refractivity contribution is -0.122. The average molecular weight is 238 g/mol. The molecule has 1 rings (SSSR count). The maximum atomic E-state index is 11.7. The number of nitrogens with one attached hydrogen (secondary N) is 2. The molecule has 3 nitrogen and oxygen atoms in total. The van der Waals surface area contributed by atoms with Gasteiger partial charge in [-0.15, -0.1) is 0 Å². The van der Waals surface area contributed by atoms with Crippen LogP contribution in [0.25, 0.3) is 0 Å². The predicted molar refractivity (Wildman–Crippen MR) is 71.8 cm³/mol. The van der Waals surface area contributed by atoms with Gasteiger partial charge >= 0.3 is 0 Å². The molecule has 3 heteroatoms. The molecule has 0 aliphatic carbocycles. The lowest BCUT2D eigenvalue weighted by Crippen LogP contribution is -2.35. The Bertz CT molecular complexity index is 263. The van der Waals surface area contributed by atoms with Gasteiger partial charge in [0, 0.05) is 13.0 Å². The van der Waals surface area contributed by atoms with Gasteiger partial charge in [-0.3, -0.25) is 4.79 Å². The fourth-order valence-corrected chi connectivity index (χ4v) is 2.26. The molecule has 2 atom stereocenters. The van der Waals surface area contributed by atoms with Crippen molar-refractivity contribution < 1.29 is 4.79 Å². The van der Waals surface area contributed by atoms with Crippen LogP contribution in [0.5, 0.6) is 0 Å². The van der Waals surface area contributed by atoms with E-state index >= 15 is 0 Å². The van der Waals surface area contributed by atoms with Crippen LogP contribution in [-0.4, -0.2) is 25.5 Å². The molecule has 1 saturated heterocycles. The molecule has 1 amide bonds. The topological polar surface area (TPSA) is 41.1 Å². The number of allylic oxidation sites excluding steroid dienone is 1. The van der Waals surface area contributed by atoms with Crippen molar-refractivity contribution in [3.8, 4) is 0 Å². The van der Waals surface area contributed by atoms with E-state index in [1.54, 1.807) is 0 Å². The monoisotopic (exact) mass is 238 g/mol. The second kappa shape index (κ2) is 7.49. The van der Waals surface area contributed by atoms with Gasteiger partial charge in [-0.1, -0.05) is 18.6 Å². The molecule has 1 heterocycles. The Labute approximate surface area is 105 Å². The summed E-state index contributed by atoms with van der Waals surface area (Å²) in [5.74, 6) is 1.33. The van der Waals surface area contributed by atoms with Gasteiger partial charge in [0.1, 0.15) is 0 Å². The minimum absolute atomic E-state index is 0.181. The molecule has 1 fully saturated rings. The lowest BCUT2D eigenvalue weighted by atomic mass is 9.85. The summed E-state index contributed by atoms with van der Waals surface area (Å²) in [4.78, 5) is 11.7. The Morgan fingerprint density at radius 2 is 2.29 bits per heavy atom. The van der Waals surface area contributed by atoms with E-state index in [4.69, 9.17) is 0 Å². The average Bonchev–Trinajstić information content (AvgIpc) is 2.29. The van der Waals surface area contributed by atoms with Crippen molar-refractivity contribution in [3.63, 3.8) is 0 Å². The van der Waals surface area contributed by atoms with Crippen LogP contribution in [-0.2, 0) is 4.79 Å². The quantitative estimate of drug-likeness (QED) is 0.720. The summed E-state index contributed by atoms with van der Waals surface area (Å²) in [6.07, 6.45) is 5.21. The van der Waals surface area contributed by atoms with E-state index in [0.717, 1.165) is 13.1 Å². The number of carbonyl (C=O) groups is 1. The molecular formula is C14H26N2O. The Morgan fingerprint density at radius 3 is 2.88 bits per heavy atom. The smallest absolute Gasteiger partial charge is 0.220 e. The van der Waals surface area contributed by atoms with Gasteiger partial charge in [-0.25, -0.2) is 0 Å². The van der Waals surface area contributed by atoms with Crippen LogP contribution in [0.4, 0.5) is 0 Å². The van der Waals surface area contributed by atoms with E-state index in [-0.39, 0.29) is 5.91 Å². The fourth-order valence-electron chi connectivity index (χ4n) is 2.26. The number of rotatable bonds is 5. The molecule has 0 spiro atoms. The molecule has 0 saturated carbocycles. The number of amides is 1. The van der Waals surface area contributed by atoms with Crippen LogP contribution in [0.3, 0.4) is 0 Å². The molecule has 0 bridgehead atoms. The molecule has 0 aromatic carbocycles. The third-order valence-electron chi connectivity index (χ3n) is 3.46.